The average molecular weight is 230 g/mol. The van der Waals surface area contributed by atoms with E-state index >= 15 is 0 Å². The van der Waals surface area contributed by atoms with Gasteiger partial charge in [-0.1, -0.05) is 17.3 Å². The topological polar surface area (TPSA) is 56.7 Å². The molecule has 0 fully saturated rings. The van der Waals surface area contributed by atoms with E-state index in [4.69, 9.17) is 5.73 Å². The Bertz CT molecular complexity index is 502. The lowest BCUT2D eigenvalue weighted by atomic mass is 10.1. The number of hydrogen-bond donors (Lipinski definition) is 1. The highest BCUT2D eigenvalue weighted by Crippen LogP contribution is 2.16. The summed E-state index contributed by atoms with van der Waals surface area (Å²) in [7, 11) is 0. The third kappa shape index (κ3) is 2.53. The second kappa shape index (κ2) is 5.10. The van der Waals surface area contributed by atoms with E-state index in [1.807, 2.05) is 16.9 Å². The summed E-state index contributed by atoms with van der Waals surface area (Å²) in [6.45, 7) is 4.90. The molecule has 0 spiro atoms. The van der Waals surface area contributed by atoms with Crippen molar-refractivity contribution in [2.24, 2.45) is 5.73 Å². The van der Waals surface area contributed by atoms with Gasteiger partial charge in [0.05, 0.1) is 17.6 Å². The summed E-state index contributed by atoms with van der Waals surface area (Å²) in [6.07, 6.45) is 3.82. The Hall–Kier alpha value is -1.68. The molecule has 0 amide bonds. The lowest BCUT2D eigenvalue weighted by Gasteiger charge is -2.06. The lowest BCUT2D eigenvalue weighted by Crippen LogP contribution is -2.00. The smallest absolute Gasteiger partial charge is 0.0832 e. The Labute approximate surface area is 101 Å². The fourth-order valence-electron chi connectivity index (χ4n) is 1.80. The normalized spacial score (nSPS) is 10.8. The molecule has 0 aliphatic heterocycles. The van der Waals surface area contributed by atoms with Crippen molar-refractivity contribution in [3.8, 4) is 5.69 Å². The minimum absolute atomic E-state index is 0.691. The zero-order valence-corrected chi connectivity index (χ0v) is 10.3. The van der Waals surface area contributed by atoms with E-state index in [1.165, 1.54) is 11.1 Å². The first kappa shape index (κ1) is 11.8. The molecule has 4 nitrogen and oxygen atoms in total. The van der Waals surface area contributed by atoms with Crippen LogP contribution in [0.15, 0.2) is 24.4 Å². The Balaban J connectivity index is 2.27. The summed E-state index contributed by atoms with van der Waals surface area (Å²) in [6, 6.07) is 6.20. The van der Waals surface area contributed by atoms with Crippen LogP contribution in [0.5, 0.6) is 0 Å². The lowest BCUT2D eigenvalue weighted by molar-refractivity contribution is 0.776. The molecule has 0 saturated carbocycles. The van der Waals surface area contributed by atoms with Gasteiger partial charge < -0.3 is 5.73 Å². The highest BCUT2D eigenvalue weighted by atomic mass is 15.4. The molecule has 0 atom stereocenters. The van der Waals surface area contributed by atoms with Crippen LogP contribution in [0, 0.1) is 13.8 Å². The van der Waals surface area contributed by atoms with Gasteiger partial charge in [-0.15, -0.1) is 5.10 Å². The summed E-state index contributed by atoms with van der Waals surface area (Å²) in [4.78, 5) is 0. The highest BCUT2D eigenvalue weighted by Gasteiger charge is 2.06. The molecule has 90 valence electrons. The second-order valence-electron chi connectivity index (χ2n) is 4.27. The maximum Gasteiger partial charge on any atom is 0.0832 e. The Morgan fingerprint density at radius 3 is 2.88 bits per heavy atom. The van der Waals surface area contributed by atoms with Gasteiger partial charge in [0, 0.05) is 0 Å². The standard InChI is InChI=1S/C13H18N4/c1-10-5-3-7-13(11(10)2)17-9-12(15-16-17)6-4-8-14/h3,5,7,9H,4,6,8,14H2,1-2H3. The summed E-state index contributed by atoms with van der Waals surface area (Å²) < 4.78 is 1.84. The number of hydrogen-bond acceptors (Lipinski definition) is 3. The predicted octanol–water partition coefficient (Wildman–Crippen LogP) is 1.78. The summed E-state index contributed by atoms with van der Waals surface area (Å²) >= 11 is 0. The van der Waals surface area contributed by atoms with Crippen LogP contribution in [0.3, 0.4) is 0 Å². The third-order valence-corrected chi connectivity index (χ3v) is 3.00. The van der Waals surface area contributed by atoms with Gasteiger partial charge in [0.2, 0.25) is 0 Å². The molecule has 0 aliphatic rings. The van der Waals surface area contributed by atoms with Crippen molar-refractivity contribution in [3.05, 3.63) is 41.2 Å². The van der Waals surface area contributed by atoms with E-state index < -0.39 is 0 Å². The fourth-order valence-corrected chi connectivity index (χ4v) is 1.80. The molecule has 17 heavy (non-hydrogen) atoms. The number of nitrogens with zero attached hydrogens (tertiary/aromatic N) is 3. The van der Waals surface area contributed by atoms with E-state index in [0.29, 0.717) is 6.54 Å². The van der Waals surface area contributed by atoms with Gasteiger partial charge >= 0.3 is 0 Å². The maximum absolute atomic E-state index is 5.48. The zero-order valence-electron chi connectivity index (χ0n) is 10.3. The number of aryl methyl sites for hydroxylation is 2. The van der Waals surface area contributed by atoms with Crippen LogP contribution in [-0.4, -0.2) is 21.5 Å². The SMILES string of the molecule is Cc1cccc(-n2cc(CCCN)nn2)c1C. The van der Waals surface area contributed by atoms with E-state index in [9.17, 15) is 0 Å². The summed E-state index contributed by atoms with van der Waals surface area (Å²) in [5, 5.41) is 8.33. The number of benzene rings is 1. The van der Waals surface area contributed by atoms with Crippen LogP contribution < -0.4 is 5.73 Å². The molecule has 0 unspecified atom stereocenters. The fraction of sp³-hybridized carbons (Fsp3) is 0.385. The van der Waals surface area contributed by atoms with Crippen LogP contribution in [0.1, 0.15) is 23.2 Å². The number of rotatable bonds is 4. The van der Waals surface area contributed by atoms with Crippen LogP contribution >= 0.6 is 0 Å². The van der Waals surface area contributed by atoms with E-state index in [-0.39, 0.29) is 0 Å². The molecule has 1 heterocycles. The van der Waals surface area contributed by atoms with Crippen molar-refractivity contribution in [2.75, 3.05) is 6.54 Å². The Morgan fingerprint density at radius 2 is 2.12 bits per heavy atom. The van der Waals surface area contributed by atoms with Gasteiger partial charge in [-0.25, -0.2) is 4.68 Å². The first-order chi connectivity index (χ1) is 8.22. The first-order valence-corrected chi connectivity index (χ1v) is 5.90. The second-order valence-corrected chi connectivity index (χ2v) is 4.27. The van der Waals surface area contributed by atoms with Crippen LogP contribution in [0.2, 0.25) is 0 Å². The van der Waals surface area contributed by atoms with Crippen LogP contribution in [0.4, 0.5) is 0 Å². The molecule has 0 bridgehead atoms. The van der Waals surface area contributed by atoms with Gasteiger partial charge in [-0.3, -0.25) is 0 Å². The summed E-state index contributed by atoms with van der Waals surface area (Å²) in [5.74, 6) is 0. The van der Waals surface area contributed by atoms with Crippen LogP contribution in [-0.2, 0) is 6.42 Å². The first-order valence-electron chi connectivity index (χ1n) is 5.90. The number of aromatic nitrogens is 3. The minimum Gasteiger partial charge on any atom is -0.330 e. The van der Waals surface area contributed by atoms with Crippen molar-refractivity contribution >= 4 is 0 Å². The molecule has 4 heteroatoms. The maximum atomic E-state index is 5.48. The quantitative estimate of drug-likeness (QED) is 0.871. The molecule has 0 radical (unpaired) electrons. The van der Waals surface area contributed by atoms with Gasteiger partial charge in [0.25, 0.3) is 0 Å². The molecule has 1 aromatic carbocycles. The third-order valence-electron chi connectivity index (χ3n) is 3.00. The van der Waals surface area contributed by atoms with Crippen molar-refractivity contribution < 1.29 is 0 Å². The average Bonchev–Trinajstić information content (AvgIpc) is 2.78. The summed E-state index contributed by atoms with van der Waals surface area (Å²) in [5.41, 5.74) is 10.1. The molecule has 0 aliphatic carbocycles. The molecule has 1 aromatic heterocycles. The Kier molecular flexibility index (Phi) is 3.54. The van der Waals surface area contributed by atoms with Crippen LogP contribution in [0.25, 0.3) is 5.69 Å². The minimum atomic E-state index is 0.691. The van der Waals surface area contributed by atoms with Crippen molar-refractivity contribution in [1.29, 1.82) is 0 Å². The van der Waals surface area contributed by atoms with E-state index in [2.05, 4.69) is 36.3 Å². The molecule has 2 N–H and O–H groups in total. The van der Waals surface area contributed by atoms with Crippen molar-refractivity contribution in [1.82, 2.24) is 15.0 Å². The van der Waals surface area contributed by atoms with Crippen molar-refractivity contribution in [2.45, 2.75) is 26.7 Å². The monoisotopic (exact) mass is 230 g/mol. The molecular formula is C13H18N4. The molecular weight excluding hydrogens is 212 g/mol. The Morgan fingerprint density at radius 1 is 1.29 bits per heavy atom. The van der Waals surface area contributed by atoms with E-state index in [0.717, 1.165) is 24.2 Å². The number of nitrogens with two attached hydrogens (primary N) is 1. The molecule has 0 saturated heterocycles. The molecule has 2 rings (SSSR count). The van der Waals surface area contributed by atoms with Crippen molar-refractivity contribution in [3.63, 3.8) is 0 Å². The molecule has 2 aromatic rings. The predicted molar refractivity (Wildman–Crippen MR) is 68.2 cm³/mol. The van der Waals surface area contributed by atoms with Gasteiger partial charge in [-0.05, 0) is 50.4 Å². The van der Waals surface area contributed by atoms with E-state index in [1.54, 1.807) is 0 Å². The zero-order chi connectivity index (χ0) is 12.3. The largest absolute Gasteiger partial charge is 0.330 e. The van der Waals surface area contributed by atoms with Gasteiger partial charge in [0.15, 0.2) is 0 Å². The van der Waals surface area contributed by atoms with Gasteiger partial charge in [-0.2, -0.15) is 0 Å². The highest BCUT2D eigenvalue weighted by molar-refractivity contribution is 5.43. The van der Waals surface area contributed by atoms with Gasteiger partial charge in [0.1, 0.15) is 0 Å².